The van der Waals surface area contributed by atoms with Crippen LogP contribution < -0.4 is 15.4 Å². The molecule has 0 bridgehead atoms. The largest absolute Gasteiger partial charge is 0.472 e. The normalized spacial score (nSPS) is 21.2. The fraction of sp³-hybridized carbons (Fsp3) is 0.647. The van der Waals surface area contributed by atoms with E-state index >= 15 is 0 Å². The van der Waals surface area contributed by atoms with Gasteiger partial charge in [-0.2, -0.15) is 0 Å². The van der Waals surface area contributed by atoms with Gasteiger partial charge in [-0.1, -0.05) is 6.07 Å². The van der Waals surface area contributed by atoms with Gasteiger partial charge in [0.15, 0.2) is 0 Å². The van der Waals surface area contributed by atoms with E-state index in [-0.39, 0.29) is 29.8 Å². The van der Waals surface area contributed by atoms with Gasteiger partial charge in [0.2, 0.25) is 11.8 Å². The molecule has 1 amide bonds. The molecule has 0 radical (unpaired) electrons. The Labute approximate surface area is 145 Å². The first-order valence-corrected chi connectivity index (χ1v) is 7.98. The molecule has 2 heterocycles. The highest BCUT2D eigenvalue weighted by atomic mass is 35.5. The van der Waals surface area contributed by atoms with Gasteiger partial charge in [0.25, 0.3) is 0 Å². The summed E-state index contributed by atoms with van der Waals surface area (Å²) in [5, 5.41) is 6.37. The van der Waals surface area contributed by atoms with E-state index in [4.69, 9.17) is 4.74 Å². The van der Waals surface area contributed by atoms with E-state index in [1.807, 2.05) is 32.9 Å². The summed E-state index contributed by atoms with van der Waals surface area (Å²) in [5.41, 5.74) is 0.727. The fourth-order valence-corrected chi connectivity index (χ4v) is 2.59. The second kappa shape index (κ2) is 8.50. The van der Waals surface area contributed by atoms with Crippen molar-refractivity contribution in [1.29, 1.82) is 0 Å². The molecule has 1 aromatic rings. The topological polar surface area (TPSA) is 63.2 Å². The maximum absolute atomic E-state index is 12.2. The Balaban J connectivity index is 0.00000264. The average Bonchev–Trinajstić information content (AvgIpc) is 2.44. The number of ether oxygens (including phenoxy) is 1. The number of aromatic nitrogens is 1. The maximum atomic E-state index is 12.2. The number of halogens is 1. The number of amides is 1. The number of rotatable bonds is 4. The van der Waals surface area contributed by atoms with Crippen molar-refractivity contribution in [2.45, 2.75) is 58.7 Å². The third-order valence-corrected chi connectivity index (χ3v) is 3.67. The number of hydrogen-bond acceptors (Lipinski definition) is 4. The van der Waals surface area contributed by atoms with Crippen LogP contribution in [-0.2, 0) is 11.3 Å². The van der Waals surface area contributed by atoms with Crippen molar-refractivity contribution in [3.8, 4) is 5.88 Å². The van der Waals surface area contributed by atoms with Gasteiger partial charge in [0.1, 0.15) is 5.60 Å². The second-order valence-electron chi connectivity index (χ2n) is 7.01. The van der Waals surface area contributed by atoms with Crippen LogP contribution in [0.5, 0.6) is 5.88 Å². The van der Waals surface area contributed by atoms with Gasteiger partial charge in [-0.05, 0) is 52.6 Å². The highest BCUT2D eigenvalue weighted by Crippen LogP contribution is 2.17. The Morgan fingerprint density at radius 3 is 2.74 bits per heavy atom. The van der Waals surface area contributed by atoms with Gasteiger partial charge in [0, 0.05) is 30.8 Å². The van der Waals surface area contributed by atoms with Crippen molar-refractivity contribution in [3.05, 3.63) is 23.9 Å². The lowest BCUT2D eigenvalue weighted by molar-refractivity contribution is -0.126. The van der Waals surface area contributed by atoms with Crippen molar-refractivity contribution in [3.63, 3.8) is 0 Å². The Hall–Kier alpha value is -1.33. The molecule has 0 aliphatic carbocycles. The minimum absolute atomic E-state index is 0. The van der Waals surface area contributed by atoms with Crippen LogP contribution in [0.25, 0.3) is 0 Å². The first-order valence-electron chi connectivity index (χ1n) is 7.98. The molecule has 1 aromatic heterocycles. The molecule has 1 aliphatic rings. The smallest absolute Gasteiger partial charge is 0.223 e. The molecule has 2 N–H and O–H groups in total. The van der Waals surface area contributed by atoms with E-state index in [0.29, 0.717) is 18.5 Å². The lowest BCUT2D eigenvalue weighted by Gasteiger charge is -2.27. The molecule has 130 valence electrons. The predicted molar refractivity (Wildman–Crippen MR) is 93.9 cm³/mol. The Kier molecular flexibility index (Phi) is 7.29. The third-order valence-electron chi connectivity index (χ3n) is 3.67. The summed E-state index contributed by atoms with van der Waals surface area (Å²) in [5.74, 6) is 0.867. The fourth-order valence-electron chi connectivity index (χ4n) is 2.59. The zero-order valence-electron chi connectivity index (χ0n) is 14.4. The summed E-state index contributed by atoms with van der Waals surface area (Å²) in [6.07, 6.45) is 3.57. The molecule has 6 heteroatoms. The highest BCUT2D eigenvalue weighted by Gasteiger charge is 2.24. The summed E-state index contributed by atoms with van der Waals surface area (Å²) in [6, 6.07) is 4.21. The quantitative estimate of drug-likeness (QED) is 0.883. The maximum Gasteiger partial charge on any atom is 0.223 e. The third kappa shape index (κ3) is 6.75. The Bertz CT molecular complexity index is 500. The molecule has 0 spiro atoms. The van der Waals surface area contributed by atoms with E-state index < -0.39 is 0 Å². The Morgan fingerprint density at radius 2 is 2.17 bits per heavy atom. The molecule has 5 nitrogen and oxygen atoms in total. The molecule has 1 aliphatic heterocycles. The zero-order valence-corrected chi connectivity index (χ0v) is 15.2. The molecular formula is C17H28ClN3O2. The summed E-state index contributed by atoms with van der Waals surface area (Å²) >= 11 is 0. The minimum Gasteiger partial charge on any atom is -0.472 e. The molecule has 0 aromatic carbocycles. The number of hydrogen-bond donors (Lipinski definition) is 2. The number of carbonyl (C=O) groups is 1. The summed E-state index contributed by atoms with van der Waals surface area (Å²) < 4.78 is 5.68. The van der Waals surface area contributed by atoms with Crippen molar-refractivity contribution >= 4 is 18.3 Å². The number of nitrogens with one attached hydrogen (secondary N) is 2. The number of nitrogens with zero attached hydrogens (tertiary/aromatic N) is 1. The molecular weight excluding hydrogens is 314 g/mol. The summed E-state index contributed by atoms with van der Waals surface area (Å²) in [4.78, 5) is 16.5. The van der Waals surface area contributed by atoms with Crippen LogP contribution in [0.15, 0.2) is 18.3 Å². The highest BCUT2D eigenvalue weighted by molar-refractivity contribution is 5.85. The SMILES string of the molecule is C[C@H]1C[C@@H](C(=O)NCc2ccc(OC(C)(C)C)nc2)CCN1.Cl. The van der Waals surface area contributed by atoms with E-state index in [0.717, 1.165) is 24.9 Å². The molecule has 0 unspecified atom stereocenters. The van der Waals surface area contributed by atoms with Gasteiger partial charge < -0.3 is 15.4 Å². The van der Waals surface area contributed by atoms with Gasteiger partial charge in [-0.15, -0.1) is 12.4 Å². The number of pyridine rings is 1. The molecule has 2 atom stereocenters. The van der Waals surface area contributed by atoms with Crippen LogP contribution >= 0.6 is 12.4 Å². The van der Waals surface area contributed by atoms with Gasteiger partial charge in [-0.25, -0.2) is 4.98 Å². The monoisotopic (exact) mass is 341 g/mol. The number of carbonyl (C=O) groups excluding carboxylic acids is 1. The molecule has 0 saturated carbocycles. The van der Waals surface area contributed by atoms with Gasteiger partial charge >= 0.3 is 0 Å². The lowest BCUT2D eigenvalue weighted by atomic mass is 9.92. The molecule has 1 fully saturated rings. The first-order chi connectivity index (χ1) is 10.3. The van der Waals surface area contributed by atoms with E-state index in [9.17, 15) is 4.79 Å². The minimum atomic E-state index is -0.256. The molecule has 2 rings (SSSR count). The van der Waals surface area contributed by atoms with Gasteiger partial charge in [-0.3, -0.25) is 4.79 Å². The Morgan fingerprint density at radius 1 is 1.43 bits per heavy atom. The van der Waals surface area contributed by atoms with Crippen LogP contribution in [0.3, 0.4) is 0 Å². The summed E-state index contributed by atoms with van der Waals surface area (Å²) in [6.45, 7) is 9.52. The van der Waals surface area contributed by atoms with Crippen LogP contribution in [0.4, 0.5) is 0 Å². The standard InChI is InChI=1S/C17H27N3O2.ClH/c1-12-9-14(7-8-18-12)16(21)20-11-13-5-6-15(19-10-13)22-17(2,3)4;/h5-6,10,12,14,18H,7-9,11H2,1-4H3,(H,20,21);1H/t12-,14-;/m0./s1. The van der Waals surface area contributed by atoms with Crippen LogP contribution in [0.1, 0.15) is 46.1 Å². The van der Waals surface area contributed by atoms with Crippen LogP contribution in [-0.4, -0.2) is 29.1 Å². The van der Waals surface area contributed by atoms with Crippen molar-refractivity contribution in [2.75, 3.05) is 6.54 Å². The first kappa shape index (κ1) is 19.7. The van der Waals surface area contributed by atoms with Crippen molar-refractivity contribution in [1.82, 2.24) is 15.6 Å². The van der Waals surface area contributed by atoms with Crippen molar-refractivity contribution in [2.24, 2.45) is 5.92 Å². The van der Waals surface area contributed by atoms with Crippen molar-refractivity contribution < 1.29 is 9.53 Å². The van der Waals surface area contributed by atoms with E-state index in [1.54, 1.807) is 6.20 Å². The van der Waals surface area contributed by atoms with Crippen LogP contribution in [0, 0.1) is 5.92 Å². The predicted octanol–water partition coefficient (Wildman–Crippen LogP) is 2.69. The lowest BCUT2D eigenvalue weighted by Crippen LogP contribution is -2.42. The zero-order chi connectivity index (χ0) is 16.2. The van der Waals surface area contributed by atoms with E-state index in [1.165, 1.54) is 0 Å². The van der Waals surface area contributed by atoms with E-state index in [2.05, 4.69) is 22.5 Å². The number of piperidine rings is 1. The van der Waals surface area contributed by atoms with Crippen LogP contribution in [0.2, 0.25) is 0 Å². The van der Waals surface area contributed by atoms with Gasteiger partial charge in [0.05, 0.1) is 0 Å². The molecule has 1 saturated heterocycles. The second-order valence-corrected chi connectivity index (χ2v) is 7.01. The molecule has 23 heavy (non-hydrogen) atoms. The average molecular weight is 342 g/mol. The summed E-state index contributed by atoms with van der Waals surface area (Å²) in [7, 11) is 0.